The van der Waals surface area contributed by atoms with Gasteiger partial charge in [-0.1, -0.05) is 12.1 Å². The molecule has 3 rings (SSSR count). The standard InChI is InChI=1S/C13H10N2/c1-2-12(10-3-6-14-7-4-10)9-13-11(1)5-8-15-13/h1-9,15H. The molecule has 0 unspecified atom stereocenters. The topological polar surface area (TPSA) is 28.7 Å². The molecule has 0 aliphatic rings. The second-order valence-corrected chi connectivity index (χ2v) is 3.52. The number of hydrogen-bond acceptors (Lipinski definition) is 1. The summed E-state index contributed by atoms with van der Waals surface area (Å²) in [7, 11) is 0. The fourth-order valence-electron chi connectivity index (χ4n) is 1.77. The number of nitrogens with one attached hydrogen (secondary N) is 1. The van der Waals surface area contributed by atoms with E-state index in [1.165, 1.54) is 22.0 Å². The van der Waals surface area contributed by atoms with Crippen LogP contribution < -0.4 is 0 Å². The van der Waals surface area contributed by atoms with Gasteiger partial charge in [-0.2, -0.15) is 0 Å². The van der Waals surface area contributed by atoms with Gasteiger partial charge in [0, 0.05) is 24.1 Å². The fraction of sp³-hybridized carbons (Fsp3) is 0. The van der Waals surface area contributed by atoms with Crippen LogP contribution in [0.4, 0.5) is 0 Å². The van der Waals surface area contributed by atoms with E-state index in [0.29, 0.717) is 0 Å². The Morgan fingerprint density at radius 2 is 1.73 bits per heavy atom. The second kappa shape index (κ2) is 3.24. The van der Waals surface area contributed by atoms with E-state index in [0.717, 1.165) is 0 Å². The molecule has 0 amide bonds. The molecule has 3 aromatic rings. The highest BCUT2D eigenvalue weighted by molar-refractivity contribution is 5.84. The Labute approximate surface area is 87.6 Å². The van der Waals surface area contributed by atoms with E-state index in [2.05, 4.69) is 34.2 Å². The highest BCUT2D eigenvalue weighted by Crippen LogP contribution is 2.22. The molecule has 2 heteroatoms. The summed E-state index contributed by atoms with van der Waals surface area (Å²) in [6.45, 7) is 0. The Bertz CT molecular complexity index is 582. The van der Waals surface area contributed by atoms with Gasteiger partial charge in [-0.15, -0.1) is 0 Å². The number of H-pyrrole nitrogens is 1. The molecule has 2 aromatic heterocycles. The van der Waals surface area contributed by atoms with Gasteiger partial charge in [0.15, 0.2) is 0 Å². The lowest BCUT2D eigenvalue weighted by molar-refractivity contribution is 1.33. The van der Waals surface area contributed by atoms with Gasteiger partial charge >= 0.3 is 0 Å². The van der Waals surface area contributed by atoms with Crippen molar-refractivity contribution in [3.05, 3.63) is 55.0 Å². The van der Waals surface area contributed by atoms with Crippen LogP contribution in [0.3, 0.4) is 0 Å². The van der Waals surface area contributed by atoms with E-state index >= 15 is 0 Å². The zero-order valence-electron chi connectivity index (χ0n) is 8.14. The van der Waals surface area contributed by atoms with Gasteiger partial charge in [-0.05, 0) is 40.8 Å². The summed E-state index contributed by atoms with van der Waals surface area (Å²) in [6.07, 6.45) is 5.59. The van der Waals surface area contributed by atoms with Crippen LogP contribution in [-0.2, 0) is 0 Å². The largest absolute Gasteiger partial charge is 0.361 e. The Hall–Kier alpha value is -2.09. The first kappa shape index (κ1) is 8.24. The van der Waals surface area contributed by atoms with Gasteiger partial charge in [0.2, 0.25) is 0 Å². The zero-order chi connectivity index (χ0) is 10.1. The summed E-state index contributed by atoms with van der Waals surface area (Å²) in [5.41, 5.74) is 3.58. The Kier molecular flexibility index (Phi) is 1.78. The monoisotopic (exact) mass is 194 g/mol. The van der Waals surface area contributed by atoms with E-state index in [-0.39, 0.29) is 0 Å². The third kappa shape index (κ3) is 1.40. The predicted octanol–water partition coefficient (Wildman–Crippen LogP) is 3.23. The third-order valence-corrected chi connectivity index (χ3v) is 2.57. The quantitative estimate of drug-likeness (QED) is 0.633. The first-order valence-electron chi connectivity index (χ1n) is 4.91. The summed E-state index contributed by atoms with van der Waals surface area (Å²) in [6, 6.07) is 12.5. The highest BCUT2D eigenvalue weighted by atomic mass is 14.7. The zero-order valence-corrected chi connectivity index (χ0v) is 8.14. The van der Waals surface area contributed by atoms with Crippen molar-refractivity contribution < 1.29 is 0 Å². The average molecular weight is 194 g/mol. The van der Waals surface area contributed by atoms with E-state index in [9.17, 15) is 0 Å². The fourth-order valence-corrected chi connectivity index (χ4v) is 1.77. The lowest BCUT2D eigenvalue weighted by Crippen LogP contribution is -1.78. The molecule has 0 radical (unpaired) electrons. The maximum atomic E-state index is 4.02. The molecule has 0 atom stereocenters. The Morgan fingerprint density at radius 3 is 2.60 bits per heavy atom. The summed E-state index contributed by atoms with van der Waals surface area (Å²) < 4.78 is 0. The van der Waals surface area contributed by atoms with Crippen LogP contribution in [0.1, 0.15) is 0 Å². The van der Waals surface area contributed by atoms with Gasteiger partial charge in [0.25, 0.3) is 0 Å². The summed E-state index contributed by atoms with van der Waals surface area (Å²) in [5, 5.41) is 1.24. The summed E-state index contributed by atoms with van der Waals surface area (Å²) in [4.78, 5) is 7.23. The molecule has 0 fully saturated rings. The molecule has 0 saturated carbocycles. The molecule has 0 bridgehead atoms. The molecule has 15 heavy (non-hydrogen) atoms. The van der Waals surface area contributed by atoms with Crippen LogP contribution in [0.2, 0.25) is 0 Å². The van der Waals surface area contributed by atoms with Crippen LogP contribution in [0.25, 0.3) is 22.0 Å². The van der Waals surface area contributed by atoms with Crippen molar-refractivity contribution >= 4 is 10.9 Å². The number of pyridine rings is 1. The van der Waals surface area contributed by atoms with Gasteiger partial charge < -0.3 is 4.98 Å². The second-order valence-electron chi connectivity index (χ2n) is 3.52. The molecule has 1 aromatic carbocycles. The number of benzene rings is 1. The minimum atomic E-state index is 1.17. The number of rotatable bonds is 1. The molecular formula is C13H10N2. The lowest BCUT2D eigenvalue weighted by Gasteiger charge is -2.00. The molecule has 0 saturated heterocycles. The van der Waals surface area contributed by atoms with Crippen molar-refractivity contribution in [1.29, 1.82) is 0 Å². The molecule has 72 valence electrons. The molecule has 0 aliphatic heterocycles. The van der Waals surface area contributed by atoms with Crippen LogP contribution >= 0.6 is 0 Å². The van der Waals surface area contributed by atoms with Crippen LogP contribution in [0.15, 0.2) is 55.0 Å². The van der Waals surface area contributed by atoms with Crippen molar-refractivity contribution in [1.82, 2.24) is 9.97 Å². The molecule has 2 nitrogen and oxygen atoms in total. The third-order valence-electron chi connectivity index (χ3n) is 2.57. The van der Waals surface area contributed by atoms with Crippen molar-refractivity contribution in [2.24, 2.45) is 0 Å². The smallest absolute Gasteiger partial charge is 0.0460 e. The SMILES string of the molecule is c1cc(-c2ccc3cc[nH]c3c2)ccn1. The van der Waals surface area contributed by atoms with Gasteiger partial charge in [0.1, 0.15) is 0 Å². The van der Waals surface area contributed by atoms with Gasteiger partial charge in [-0.25, -0.2) is 0 Å². The number of hydrogen-bond donors (Lipinski definition) is 1. The maximum absolute atomic E-state index is 4.02. The number of fused-ring (bicyclic) bond motifs is 1. The number of nitrogens with zero attached hydrogens (tertiary/aromatic N) is 1. The molecular weight excluding hydrogens is 184 g/mol. The Morgan fingerprint density at radius 1 is 0.867 bits per heavy atom. The van der Waals surface area contributed by atoms with Crippen molar-refractivity contribution in [2.45, 2.75) is 0 Å². The van der Waals surface area contributed by atoms with E-state index in [1.807, 2.05) is 30.7 Å². The van der Waals surface area contributed by atoms with Gasteiger partial charge in [0.05, 0.1) is 0 Å². The number of aromatic nitrogens is 2. The lowest BCUT2D eigenvalue weighted by atomic mass is 10.1. The maximum Gasteiger partial charge on any atom is 0.0460 e. The summed E-state index contributed by atoms with van der Waals surface area (Å²) in [5.74, 6) is 0. The highest BCUT2D eigenvalue weighted by Gasteiger charge is 1.99. The first-order chi connectivity index (χ1) is 7.43. The van der Waals surface area contributed by atoms with Gasteiger partial charge in [-0.3, -0.25) is 4.98 Å². The van der Waals surface area contributed by atoms with Crippen molar-refractivity contribution in [3.8, 4) is 11.1 Å². The van der Waals surface area contributed by atoms with E-state index < -0.39 is 0 Å². The Balaban J connectivity index is 2.19. The van der Waals surface area contributed by atoms with Crippen LogP contribution in [0, 0.1) is 0 Å². The molecule has 2 heterocycles. The molecule has 0 spiro atoms. The van der Waals surface area contributed by atoms with Crippen molar-refractivity contribution in [2.75, 3.05) is 0 Å². The number of aromatic amines is 1. The first-order valence-corrected chi connectivity index (χ1v) is 4.91. The normalized spacial score (nSPS) is 10.7. The van der Waals surface area contributed by atoms with E-state index in [1.54, 1.807) is 0 Å². The summed E-state index contributed by atoms with van der Waals surface area (Å²) >= 11 is 0. The minimum Gasteiger partial charge on any atom is -0.361 e. The minimum absolute atomic E-state index is 1.17. The predicted molar refractivity (Wildman–Crippen MR) is 61.5 cm³/mol. The van der Waals surface area contributed by atoms with Crippen molar-refractivity contribution in [3.63, 3.8) is 0 Å². The molecule has 0 aliphatic carbocycles. The van der Waals surface area contributed by atoms with E-state index in [4.69, 9.17) is 0 Å². The average Bonchev–Trinajstić information content (AvgIpc) is 2.77. The van der Waals surface area contributed by atoms with Crippen LogP contribution in [0.5, 0.6) is 0 Å². The molecule has 1 N–H and O–H groups in total. The van der Waals surface area contributed by atoms with Crippen LogP contribution in [-0.4, -0.2) is 9.97 Å².